The molecule has 0 aliphatic rings. The second kappa shape index (κ2) is 9.72. The summed E-state index contributed by atoms with van der Waals surface area (Å²) in [6.07, 6.45) is -3.74. The third kappa shape index (κ3) is 6.39. The fourth-order valence-corrected chi connectivity index (χ4v) is 3.89. The molecule has 174 valence electrons. The first-order valence-corrected chi connectivity index (χ1v) is 11.6. The minimum atomic E-state index is -4.64. The summed E-state index contributed by atoms with van der Waals surface area (Å²) in [6, 6.07) is 17.2. The van der Waals surface area contributed by atoms with Crippen molar-refractivity contribution in [3.63, 3.8) is 0 Å². The van der Waals surface area contributed by atoms with Gasteiger partial charge in [0.05, 0.1) is 28.2 Å². The van der Waals surface area contributed by atoms with Crippen LogP contribution in [0, 0.1) is 0 Å². The molecule has 11 heteroatoms. The monoisotopic (exact) mass is 498 g/mol. The van der Waals surface area contributed by atoms with Gasteiger partial charge in [-0.3, -0.25) is 9.10 Å². The second-order valence-corrected chi connectivity index (χ2v) is 9.21. The van der Waals surface area contributed by atoms with E-state index in [-0.39, 0.29) is 22.1 Å². The Morgan fingerprint density at radius 2 is 1.67 bits per heavy atom. The van der Waals surface area contributed by atoms with Crippen LogP contribution in [0.3, 0.4) is 0 Å². The van der Waals surface area contributed by atoms with Crippen molar-refractivity contribution in [3.8, 4) is 11.5 Å². The van der Waals surface area contributed by atoms with E-state index in [1.54, 1.807) is 42.5 Å². The van der Waals surface area contributed by atoms with Crippen molar-refractivity contribution in [1.29, 1.82) is 0 Å². The molecule has 0 aliphatic heterocycles. The molecule has 3 aromatic rings. The van der Waals surface area contributed by atoms with Gasteiger partial charge >= 0.3 is 6.18 Å². The van der Waals surface area contributed by atoms with E-state index in [1.165, 1.54) is 12.1 Å². The summed E-state index contributed by atoms with van der Waals surface area (Å²) >= 11 is 5.92. The first kappa shape index (κ1) is 24.4. The molecule has 33 heavy (non-hydrogen) atoms. The smallest absolute Gasteiger partial charge is 0.416 e. The fourth-order valence-electron chi connectivity index (χ4n) is 2.86. The van der Waals surface area contributed by atoms with Gasteiger partial charge in [-0.25, -0.2) is 8.42 Å². The maximum absolute atomic E-state index is 13.0. The Bertz CT molecular complexity index is 1250. The number of hydrogen-bond acceptors (Lipinski definition) is 4. The van der Waals surface area contributed by atoms with Crippen molar-refractivity contribution < 1.29 is 31.1 Å². The van der Waals surface area contributed by atoms with Crippen LogP contribution in [-0.4, -0.2) is 27.1 Å². The van der Waals surface area contributed by atoms with E-state index >= 15 is 0 Å². The van der Waals surface area contributed by atoms with E-state index in [9.17, 15) is 26.4 Å². The van der Waals surface area contributed by atoms with Crippen LogP contribution in [0.4, 0.5) is 24.5 Å². The third-order valence-corrected chi connectivity index (χ3v) is 5.82. The van der Waals surface area contributed by atoms with Gasteiger partial charge in [-0.2, -0.15) is 13.2 Å². The highest BCUT2D eigenvalue weighted by Crippen LogP contribution is 2.35. The maximum Gasteiger partial charge on any atom is 0.416 e. The number of ether oxygens (including phenoxy) is 1. The molecular formula is C22H18ClF3N2O4S. The van der Waals surface area contributed by atoms with Crippen LogP contribution in [0.5, 0.6) is 11.5 Å². The zero-order valence-electron chi connectivity index (χ0n) is 17.1. The second-order valence-electron chi connectivity index (χ2n) is 6.89. The zero-order chi connectivity index (χ0) is 24.2. The van der Waals surface area contributed by atoms with Crippen molar-refractivity contribution in [1.82, 2.24) is 0 Å². The van der Waals surface area contributed by atoms with Crippen molar-refractivity contribution >= 4 is 38.9 Å². The van der Waals surface area contributed by atoms with Gasteiger partial charge in [0.2, 0.25) is 15.9 Å². The number of alkyl halides is 3. The number of nitrogens with one attached hydrogen (secondary N) is 1. The zero-order valence-corrected chi connectivity index (χ0v) is 18.7. The fraction of sp³-hybridized carbons (Fsp3) is 0.136. The van der Waals surface area contributed by atoms with Crippen LogP contribution in [0.1, 0.15) is 5.56 Å². The number of carbonyl (C=O) groups is 1. The Balaban J connectivity index is 1.89. The molecule has 1 amide bonds. The quantitative estimate of drug-likeness (QED) is 0.463. The predicted octanol–water partition coefficient (Wildman–Crippen LogP) is 5.56. The molecule has 3 aromatic carbocycles. The summed E-state index contributed by atoms with van der Waals surface area (Å²) in [5.41, 5.74) is -1.23. The summed E-state index contributed by atoms with van der Waals surface area (Å²) in [7, 11) is -3.98. The van der Waals surface area contributed by atoms with Crippen LogP contribution in [0.25, 0.3) is 0 Å². The van der Waals surface area contributed by atoms with Gasteiger partial charge in [0.25, 0.3) is 0 Å². The maximum atomic E-state index is 13.0. The number of nitrogens with zero attached hydrogens (tertiary/aromatic N) is 1. The van der Waals surface area contributed by atoms with E-state index in [2.05, 4.69) is 5.32 Å². The number of anilines is 2. The third-order valence-electron chi connectivity index (χ3n) is 4.36. The van der Waals surface area contributed by atoms with Gasteiger partial charge in [-0.05, 0) is 42.5 Å². The predicted molar refractivity (Wildman–Crippen MR) is 120 cm³/mol. The van der Waals surface area contributed by atoms with Crippen molar-refractivity contribution in [3.05, 3.63) is 83.4 Å². The lowest BCUT2D eigenvalue weighted by Gasteiger charge is -2.24. The topological polar surface area (TPSA) is 75.7 Å². The number of rotatable bonds is 7. The molecule has 0 unspecified atom stereocenters. The molecule has 0 bridgehead atoms. The first-order valence-electron chi connectivity index (χ1n) is 9.41. The van der Waals surface area contributed by atoms with E-state index in [0.717, 1.165) is 22.7 Å². The summed E-state index contributed by atoms with van der Waals surface area (Å²) in [4.78, 5) is 12.6. The average Bonchev–Trinajstić information content (AvgIpc) is 2.73. The highest BCUT2D eigenvalue weighted by atomic mass is 35.5. The average molecular weight is 499 g/mol. The molecule has 0 atom stereocenters. The lowest BCUT2D eigenvalue weighted by Crippen LogP contribution is -2.37. The highest BCUT2D eigenvalue weighted by Gasteiger charge is 2.31. The molecule has 0 saturated carbocycles. The number of para-hydroxylation sites is 3. The van der Waals surface area contributed by atoms with Crippen LogP contribution in [0.2, 0.25) is 5.02 Å². The Morgan fingerprint density at radius 3 is 2.30 bits per heavy atom. The Labute approximate surface area is 193 Å². The van der Waals surface area contributed by atoms with Crippen molar-refractivity contribution in [2.75, 3.05) is 22.4 Å². The number of amides is 1. The van der Waals surface area contributed by atoms with Gasteiger partial charge < -0.3 is 10.1 Å². The molecule has 1 N–H and O–H groups in total. The normalized spacial score (nSPS) is 11.7. The number of carbonyl (C=O) groups excluding carboxylic acids is 1. The van der Waals surface area contributed by atoms with Gasteiger partial charge in [-0.1, -0.05) is 41.9 Å². The van der Waals surface area contributed by atoms with Crippen LogP contribution < -0.4 is 14.4 Å². The summed E-state index contributed by atoms with van der Waals surface area (Å²) in [5.74, 6) is -0.284. The van der Waals surface area contributed by atoms with E-state index in [4.69, 9.17) is 16.3 Å². The molecule has 0 heterocycles. The molecule has 3 rings (SSSR count). The Kier molecular flexibility index (Phi) is 7.19. The van der Waals surface area contributed by atoms with Crippen molar-refractivity contribution in [2.24, 2.45) is 0 Å². The van der Waals surface area contributed by atoms with Crippen LogP contribution in [0.15, 0.2) is 72.8 Å². The first-order chi connectivity index (χ1) is 15.4. The molecule has 6 nitrogen and oxygen atoms in total. The molecular weight excluding hydrogens is 481 g/mol. The summed E-state index contributed by atoms with van der Waals surface area (Å²) in [6.45, 7) is -0.722. The Morgan fingerprint density at radius 1 is 1.03 bits per heavy atom. The SMILES string of the molecule is CS(=O)(=O)N(CC(=O)Nc1cc(C(F)(F)F)ccc1Cl)c1ccccc1Oc1ccccc1. The lowest BCUT2D eigenvalue weighted by atomic mass is 10.2. The summed E-state index contributed by atoms with van der Waals surface area (Å²) < 4.78 is 70.5. The standard InChI is InChI=1S/C22H18ClF3N2O4S/c1-33(30,31)28(19-9-5-6-10-20(19)32-16-7-3-2-4-8-16)14-21(29)27-18-13-15(22(24,25)26)11-12-17(18)23/h2-13H,14H2,1H3,(H,27,29). The molecule has 0 fully saturated rings. The minimum absolute atomic E-state index is 0.0779. The molecule has 0 aliphatic carbocycles. The summed E-state index contributed by atoms with van der Waals surface area (Å²) in [5, 5.41) is 2.12. The van der Waals surface area contributed by atoms with E-state index in [0.29, 0.717) is 11.8 Å². The number of hydrogen-bond donors (Lipinski definition) is 1. The minimum Gasteiger partial charge on any atom is -0.455 e. The molecule has 0 saturated heterocycles. The van der Waals surface area contributed by atoms with Gasteiger partial charge in [0, 0.05) is 0 Å². The van der Waals surface area contributed by atoms with E-state index in [1.807, 2.05) is 0 Å². The van der Waals surface area contributed by atoms with Crippen molar-refractivity contribution in [2.45, 2.75) is 6.18 Å². The van der Waals surface area contributed by atoms with Gasteiger partial charge in [0.15, 0.2) is 5.75 Å². The van der Waals surface area contributed by atoms with E-state index < -0.39 is 34.2 Å². The van der Waals surface area contributed by atoms with Gasteiger partial charge in [-0.15, -0.1) is 0 Å². The molecule has 0 radical (unpaired) electrons. The van der Waals surface area contributed by atoms with Crippen LogP contribution in [-0.2, 0) is 21.0 Å². The largest absolute Gasteiger partial charge is 0.455 e. The number of sulfonamides is 1. The van der Waals surface area contributed by atoms with Crippen LogP contribution >= 0.6 is 11.6 Å². The number of halogens is 4. The number of benzene rings is 3. The Hall–Kier alpha value is -3.24. The van der Waals surface area contributed by atoms with Gasteiger partial charge in [0.1, 0.15) is 12.3 Å². The highest BCUT2D eigenvalue weighted by molar-refractivity contribution is 7.92. The lowest BCUT2D eigenvalue weighted by molar-refractivity contribution is -0.137. The molecule has 0 aromatic heterocycles. The molecule has 0 spiro atoms.